The molecule has 0 aliphatic rings. The molecule has 29 heavy (non-hydrogen) atoms. The molecule has 3 aromatic rings. The van der Waals surface area contributed by atoms with Gasteiger partial charge in [0, 0.05) is 5.69 Å². The molecule has 1 aromatic carbocycles. The average Bonchev–Trinajstić information content (AvgIpc) is 2.88. The van der Waals surface area contributed by atoms with Crippen LogP contribution in [0.2, 0.25) is 0 Å². The maximum atomic E-state index is 13.3. The first-order valence-electron chi connectivity index (χ1n) is 8.26. The van der Waals surface area contributed by atoms with Crippen molar-refractivity contribution in [2.75, 3.05) is 5.32 Å². The van der Waals surface area contributed by atoms with Crippen LogP contribution in [0.25, 0.3) is 11.0 Å². The quantitative estimate of drug-likeness (QED) is 0.629. The van der Waals surface area contributed by atoms with E-state index in [0.29, 0.717) is 0 Å². The number of aryl methyl sites for hydroxylation is 2. The Bertz CT molecular complexity index is 1080. The number of carbonyl (C=O) groups is 1. The average molecular weight is 416 g/mol. The summed E-state index contributed by atoms with van der Waals surface area (Å²) in [6, 6.07) is 5.26. The van der Waals surface area contributed by atoms with Crippen LogP contribution in [0.1, 0.15) is 22.5 Å². The molecule has 0 aliphatic heterocycles. The molecule has 0 unspecified atom stereocenters. The molecule has 0 saturated carbocycles. The monoisotopic (exact) mass is 416 g/mol. The normalized spacial score (nSPS) is 12.4. The Balaban J connectivity index is 1.96. The Labute approximate surface area is 160 Å². The summed E-state index contributed by atoms with van der Waals surface area (Å²) in [5.74, 6) is -0.886. The number of benzene rings is 1. The summed E-state index contributed by atoms with van der Waals surface area (Å²) >= 11 is 0. The van der Waals surface area contributed by atoms with Crippen LogP contribution in [0.15, 0.2) is 30.3 Å². The van der Waals surface area contributed by atoms with Gasteiger partial charge in [-0.25, -0.2) is 9.67 Å². The zero-order valence-electron chi connectivity index (χ0n) is 15.1. The molecule has 3 rings (SSSR count). The first kappa shape index (κ1) is 20.6. The second-order valence-corrected chi connectivity index (χ2v) is 6.34. The smallest absolute Gasteiger partial charge is 0.324 e. The van der Waals surface area contributed by atoms with Gasteiger partial charge in [0.2, 0.25) is 5.91 Å². The van der Waals surface area contributed by atoms with E-state index in [1.165, 1.54) is 26.0 Å². The van der Waals surface area contributed by atoms with Crippen molar-refractivity contribution in [1.82, 2.24) is 14.8 Å². The van der Waals surface area contributed by atoms with Crippen molar-refractivity contribution in [3.05, 3.63) is 52.8 Å². The number of carbonyl (C=O) groups excluding carboxylic acids is 1. The number of rotatable bonds is 3. The zero-order chi connectivity index (χ0) is 21.6. The predicted octanol–water partition coefficient (Wildman–Crippen LogP) is 4.72. The number of pyridine rings is 1. The lowest BCUT2D eigenvalue weighted by Crippen LogP contribution is -2.22. The van der Waals surface area contributed by atoms with Gasteiger partial charge >= 0.3 is 12.4 Å². The lowest BCUT2D eigenvalue weighted by atomic mass is 10.1. The number of anilines is 1. The van der Waals surface area contributed by atoms with E-state index in [2.05, 4.69) is 15.4 Å². The summed E-state index contributed by atoms with van der Waals surface area (Å²) in [7, 11) is 0. The highest BCUT2D eigenvalue weighted by molar-refractivity contribution is 5.92. The van der Waals surface area contributed by atoms with Crippen molar-refractivity contribution >= 4 is 22.6 Å². The third kappa shape index (κ3) is 4.17. The van der Waals surface area contributed by atoms with Gasteiger partial charge in [-0.3, -0.25) is 4.79 Å². The Morgan fingerprint density at radius 2 is 1.66 bits per heavy atom. The van der Waals surface area contributed by atoms with Crippen molar-refractivity contribution in [2.24, 2.45) is 0 Å². The van der Waals surface area contributed by atoms with E-state index in [1.54, 1.807) is 0 Å². The number of nitrogens with one attached hydrogen (secondary N) is 1. The van der Waals surface area contributed by atoms with Crippen LogP contribution < -0.4 is 5.32 Å². The second-order valence-electron chi connectivity index (χ2n) is 6.34. The van der Waals surface area contributed by atoms with Crippen molar-refractivity contribution in [1.29, 1.82) is 0 Å². The van der Waals surface area contributed by atoms with Gasteiger partial charge in [0.1, 0.15) is 6.54 Å². The van der Waals surface area contributed by atoms with Crippen molar-refractivity contribution in [3.8, 4) is 0 Å². The molecule has 2 aromatic heterocycles. The van der Waals surface area contributed by atoms with Crippen molar-refractivity contribution < 1.29 is 31.1 Å². The number of hydrogen-bond donors (Lipinski definition) is 1. The van der Waals surface area contributed by atoms with Crippen LogP contribution in [0.3, 0.4) is 0 Å². The van der Waals surface area contributed by atoms with Crippen LogP contribution in [-0.2, 0) is 23.7 Å². The zero-order valence-corrected chi connectivity index (χ0v) is 15.1. The largest absolute Gasteiger partial charge is 0.418 e. The molecule has 11 heteroatoms. The highest BCUT2D eigenvalue weighted by Gasteiger charge is 2.36. The molecule has 1 N–H and O–H groups in total. The van der Waals surface area contributed by atoms with Crippen LogP contribution in [0.5, 0.6) is 0 Å². The van der Waals surface area contributed by atoms with E-state index in [-0.39, 0.29) is 22.4 Å². The first-order chi connectivity index (χ1) is 13.4. The number of alkyl halides is 6. The highest BCUT2D eigenvalue weighted by Crippen LogP contribution is 2.36. The lowest BCUT2D eigenvalue weighted by molar-refractivity contribution is -0.137. The van der Waals surface area contributed by atoms with Gasteiger partial charge < -0.3 is 5.32 Å². The Hall–Kier alpha value is -3.11. The van der Waals surface area contributed by atoms with Gasteiger partial charge in [0.25, 0.3) is 0 Å². The third-order valence-electron chi connectivity index (χ3n) is 4.11. The molecule has 0 atom stereocenters. The molecule has 0 spiro atoms. The van der Waals surface area contributed by atoms with E-state index < -0.39 is 41.6 Å². The minimum atomic E-state index is -4.68. The number of hydrogen-bond acceptors (Lipinski definition) is 3. The van der Waals surface area contributed by atoms with Crippen molar-refractivity contribution in [3.63, 3.8) is 0 Å². The van der Waals surface area contributed by atoms with Crippen LogP contribution in [0, 0.1) is 13.8 Å². The van der Waals surface area contributed by atoms with E-state index in [9.17, 15) is 31.1 Å². The van der Waals surface area contributed by atoms with Gasteiger partial charge in [0.15, 0.2) is 5.65 Å². The van der Waals surface area contributed by atoms with Crippen LogP contribution >= 0.6 is 0 Å². The number of aromatic nitrogens is 3. The SMILES string of the molecule is Cc1cc(C(F)(F)F)c2c(C)nn(CC(=O)Nc3ccccc3C(F)(F)F)c2n1. The standard InChI is InChI=1S/C18H14F6N4O/c1-9-7-12(18(22,23)24)15-10(2)27-28(16(15)25-9)8-14(29)26-13-6-4-3-5-11(13)17(19,20)21/h3-7H,8H2,1-2H3,(H,26,29). The Morgan fingerprint density at radius 1 is 1.03 bits per heavy atom. The maximum absolute atomic E-state index is 13.3. The van der Waals surface area contributed by atoms with Crippen molar-refractivity contribution in [2.45, 2.75) is 32.7 Å². The lowest BCUT2D eigenvalue weighted by Gasteiger charge is -2.13. The predicted molar refractivity (Wildman–Crippen MR) is 92.1 cm³/mol. The molecule has 154 valence electrons. The summed E-state index contributed by atoms with van der Waals surface area (Å²) < 4.78 is 80.1. The fourth-order valence-electron chi connectivity index (χ4n) is 2.98. The number of halogens is 6. The summed E-state index contributed by atoms with van der Waals surface area (Å²) in [4.78, 5) is 16.3. The Kier molecular flexibility index (Phi) is 5.01. The highest BCUT2D eigenvalue weighted by atomic mass is 19.4. The second kappa shape index (κ2) is 7.05. The minimum absolute atomic E-state index is 0.00307. The topological polar surface area (TPSA) is 59.8 Å². The minimum Gasteiger partial charge on any atom is -0.324 e. The number of fused-ring (bicyclic) bond motifs is 1. The molecule has 5 nitrogen and oxygen atoms in total. The van der Waals surface area contributed by atoms with E-state index in [1.807, 2.05) is 0 Å². The van der Waals surface area contributed by atoms with E-state index >= 15 is 0 Å². The summed E-state index contributed by atoms with van der Waals surface area (Å²) in [5, 5.41) is 5.80. The fraction of sp³-hybridized carbons (Fsp3) is 0.278. The number of amides is 1. The van der Waals surface area contributed by atoms with Gasteiger partial charge in [-0.05, 0) is 32.0 Å². The number of para-hydroxylation sites is 1. The molecule has 0 fully saturated rings. The molecule has 0 bridgehead atoms. The van der Waals surface area contributed by atoms with Gasteiger partial charge in [-0.15, -0.1) is 0 Å². The van der Waals surface area contributed by atoms with Gasteiger partial charge in [-0.1, -0.05) is 12.1 Å². The molecule has 0 radical (unpaired) electrons. The van der Waals surface area contributed by atoms with E-state index in [4.69, 9.17) is 0 Å². The molecular weight excluding hydrogens is 402 g/mol. The summed E-state index contributed by atoms with van der Waals surface area (Å²) in [6.45, 7) is 2.09. The fourth-order valence-corrected chi connectivity index (χ4v) is 2.98. The number of nitrogens with zero attached hydrogens (tertiary/aromatic N) is 3. The molecule has 2 heterocycles. The Morgan fingerprint density at radius 3 is 2.28 bits per heavy atom. The first-order valence-corrected chi connectivity index (χ1v) is 8.26. The maximum Gasteiger partial charge on any atom is 0.418 e. The molecular formula is C18H14F6N4O. The third-order valence-corrected chi connectivity index (χ3v) is 4.11. The van der Waals surface area contributed by atoms with Crippen LogP contribution in [-0.4, -0.2) is 20.7 Å². The molecule has 0 saturated heterocycles. The van der Waals surface area contributed by atoms with Crippen LogP contribution in [0.4, 0.5) is 32.0 Å². The van der Waals surface area contributed by atoms with Gasteiger partial charge in [-0.2, -0.15) is 31.4 Å². The molecule has 1 amide bonds. The summed E-state index contributed by atoms with van der Waals surface area (Å²) in [6.07, 6.45) is -9.34. The molecule has 0 aliphatic carbocycles. The van der Waals surface area contributed by atoms with Gasteiger partial charge in [0.05, 0.1) is 27.9 Å². The summed E-state index contributed by atoms with van der Waals surface area (Å²) in [5.41, 5.74) is -2.54. The van der Waals surface area contributed by atoms with E-state index in [0.717, 1.165) is 22.9 Å².